The van der Waals surface area contributed by atoms with Crippen LogP contribution in [0.1, 0.15) is 16.2 Å². The van der Waals surface area contributed by atoms with Crippen molar-refractivity contribution in [2.75, 3.05) is 7.05 Å². The molecule has 0 aliphatic rings. The Kier molecular flexibility index (Phi) is 3.05. The van der Waals surface area contributed by atoms with E-state index in [0.717, 1.165) is 21.5 Å². The van der Waals surface area contributed by atoms with E-state index < -0.39 is 0 Å². The number of hydrogen-bond donors (Lipinski definition) is 1. The average Bonchev–Trinajstić information content (AvgIpc) is 3.06. The Hall–Kier alpha value is -2.14. The second-order valence-electron chi connectivity index (χ2n) is 4.34. The average molecular weight is 271 g/mol. The van der Waals surface area contributed by atoms with Crippen molar-refractivity contribution in [3.8, 4) is 0 Å². The standard InChI is InChI=1S/C14H13N3OS/c1-17(8-13-15-6-7-16-13)14(18)11-9-19-12-5-3-2-4-10(11)12/h2-7,9H,8H2,1H3,(H,15,16). The molecule has 0 saturated carbocycles. The second kappa shape index (κ2) is 4.85. The maximum Gasteiger partial charge on any atom is 0.255 e. The summed E-state index contributed by atoms with van der Waals surface area (Å²) in [7, 11) is 1.79. The summed E-state index contributed by atoms with van der Waals surface area (Å²) in [5.74, 6) is 0.809. The number of rotatable bonds is 3. The molecule has 1 aromatic carbocycles. The van der Waals surface area contributed by atoms with E-state index in [1.54, 1.807) is 35.7 Å². The van der Waals surface area contributed by atoms with Crippen LogP contribution >= 0.6 is 11.3 Å². The third-order valence-electron chi connectivity index (χ3n) is 3.00. The van der Waals surface area contributed by atoms with Crippen LogP contribution in [0.4, 0.5) is 0 Å². The predicted octanol–water partition coefficient (Wildman–Crippen LogP) is 2.90. The third kappa shape index (κ3) is 2.24. The van der Waals surface area contributed by atoms with Gasteiger partial charge in [-0.25, -0.2) is 4.98 Å². The summed E-state index contributed by atoms with van der Waals surface area (Å²) < 4.78 is 1.14. The number of hydrogen-bond acceptors (Lipinski definition) is 3. The predicted molar refractivity (Wildman–Crippen MR) is 76.2 cm³/mol. The Morgan fingerprint density at radius 2 is 2.26 bits per heavy atom. The fraction of sp³-hybridized carbons (Fsp3) is 0.143. The second-order valence-corrected chi connectivity index (χ2v) is 5.25. The van der Waals surface area contributed by atoms with E-state index in [1.807, 2.05) is 29.6 Å². The molecule has 5 heteroatoms. The van der Waals surface area contributed by atoms with Crippen molar-refractivity contribution >= 4 is 27.3 Å². The SMILES string of the molecule is CN(Cc1ncc[nH]1)C(=O)c1csc2ccccc12. The van der Waals surface area contributed by atoms with E-state index in [4.69, 9.17) is 0 Å². The molecule has 19 heavy (non-hydrogen) atoms. The van der Waals surface area contributed by atoms with Gasteiger partial charge in [-0.15, -0.1) is 11.3 Å². The molecule has 0 aliphatic carbocycles. The van der Waals surface area contributed by atoms with Gasteiger partial charge in [0.2, 0.25) is 0 Å². The summed E-state index contributed by atoms with van der Waals surface area (Å²) in [5.41, 5.74) is 0.759. The number of benzene rings is 1. The number of carbonyl (C=O) groups excluding carboxylic acids is 1. The van der Waals surface area contributed by atoms with Crippen LogP contribution in [0.25, 0.3) is 10.1 Å². The number of aromatic nitrogens is 2. The lowest BCUT2D eigenvalue weighted by Gasteiger charge is -2.15. The van der Waals surface area contributed by atoms with Crippen LogP contribution < -0.4 is 0 Å². The van der Waals surface area contributed by atoms with E-state index in [2.05, 4.69) is 9.97 Å². The molecule has 3 rings (SSSR count). The lowest BCUT2D eigenvalue weighted by atomic mass is 10.1. The molecule has 0 fully saturated rings. The van der Waals surface area contributed by atoms with Gasteiger partial charge in [0.15, 0.2) is 0 Å². The lowest BCUT2D eigenvalue weighted by molar-refractivity contribution is 0.0784. The van der Waals surface area contributed by atoms with Gasteiger partial charge in [0, 0.05) is 34.9 Å². The van der Waals surface area contributed by atoms with E-state index in [9.17, 15) is 4.79 Å². The van der Waals surface area contributed by atoms with E-state index in [-0.39, 0.29) is 5.91 Å². The van der Waals surface area contributed by atoms with Crippen molar-refractivity contribution in [1.29, 1.82) is 0 Å². The fourth-order valence-corrected chi connectivity index (χ4v) is 2.96. The molecule has 1 N–H and O–H groups in total. The van der Waals surface area contributed by atoms with Crippen LogP contribution in [0.3, 0.4) is 0 Å². The molecule has 96 valence electrons. The highest BCUT2D eigenvalue weighted by Gasteiger charge is 2.16. The summed E-state index contributed by atoms with van der Waals surface area (Å²) in [5, 5.41) is 2.94. The molecule has 0 saturated heterocycles. The molecule has 0 atom stereocenters. The Morgan fingerprint density at radius 3 is 3.05 bits per heavy atom. The molecule has 1 amide bonds. The molecule has 3 aromatic rings. The maximum atomic E-state index is 12.4. The Bertz CT molecular complexity index is 702. The van der Waals surface area contributed by atoms with Gasteiger partial charge in [0.25, 0.3) is 5.91 Å². The number of H-pyrrole nitrogens is 1. The Balaban J connectivity index is 1.87. The number of nitrogens with one attached hydrogen (secondary N) is 1. The van der Waals surface area contributed by atoms with Crippen LogP contribution in [-0.4, -0.2) is 27.8 Å². The zero-order chi connectivity index (χ0) is 13.2. The van der Waals surface area contributed by atoms with E-state index in [0.29, 0.717) is 6.54 Å². The minimum Gasteiger partial charge on any atom is -0.347 e. The first-order chi connectivity index (χ1) is 9.25. The van der Waals surface area contributed by atoms with Crippen molar-refractivity contribution in [1.82, 2.24) is 14.9 Å². The molecule has 0 bridgehead atoms. The number of nitrogens with zero attached hydrogens (tertiary/aromatic N) is 2. The smallest absolute Gasteiger partial charge is 0.255 e. The first-order valence-corrected chi connectivity index (χ1v) is 6.83. The van der Waals surface area contributed by atoms with Gasteiger partial charge in [0.1, 0.15) is 5.82 Å². The van der Waals surface area contributed by atoms with Gasteiger partial charge in [-0.05, 0) is 6.07 Å². The zero-order valence-corrected chi connectivity index (χ0v) is 11.3. The number of amides is 1. The minimum absolute atomic E-state index is 0.0221. The van der Waals surface area contributed by atoms with Gasteiger partial charge < -0.3 is 9.88 Å². The van der Waals surface area contributed by atoms with Crippen LogP contribution in [0.2, 0.25) is 0 Å². The number of carbonyl (C=O) groups is 1. The number of thiophene rings is 1. The first-order valence-electron chi connectivity index (χ1n) is 5.95. The maximum absolute atomic E-state index is 12.4. The molecule has 2 heterocycles. The normalized spacial score (nSPS) is 10.8. The summed E-state index contributed by atoms with van der Waals surface area (Å²) in [6.45, 7) is 0.482. The van der Waals surface area contributed by atoms with Gasteiger partial charge in [-0.2, -0.15) is 0 Å². The van der Waals surface area contributed by atoms with Crippen molar-refractivity contribution < 1.29 is 4.79 Å². The number of aromatic amines is 1. The molecular formula is C14H13N3OS. The molecule has 2 aromatic heterocycles. The van der Waals surface area contributed by atoms with Gasteiger partial charge in [0.05, 0.1) is 12.1 Å². The van der Waals surface area contributed by atoms with E-state index >= 15 is 0 Å². The molecule has 0 spiro atoms. The Morgan fingerprint density at radius 1 is 1.42 bits per heavy atom. The molecule has 0 aliphatic heterocycles. The number of fused-ring (bicyclic) bond motifs is 1. The van der Waals surface area contributed by atoms with Gasteiger partial charge in [-0.3, -0.25) is 4.79 Å². The Labute approximate surface area is 114 Å². The van der Waals surface area contributed by atoms with E-state index in [1.165, 1.54) is 0 Å². The van der Waals surface area contributed by atoms with Gasteiger partial charge in [-0.1, -0.05) is 18.2 Å². The molecule has 4 nitrogen and oxygen atoms in total. The van der Waals surface area contributed by atoms with Crippen LogP contribution in [0.5, 0.6) is 0 Å². The minimum atomic E-state index is 0.0221. The first kappa shape index (κ1) is 11.9. The highest BCUT2D eigenvalue weighted by molar-refractivity contribution is 7.17. The topological polar surface area (TPSA) is 49.0 Å². The molecule has 0 radical (unpaired) electrons. The monoisotopic (exact) mass is 271 g/mol. The highest BCUT2D eigenvalue weighted by atomic mass is 32.1. The van der Waals surface area contributed by atoms with Crippen molar-refractivity contribution in [3.63, 3.8) is 0 Å². The van der Waals surface area contributed by atoms with Crippen LogP contribution in [-0.2, 0) is 6.54 Å². The summed E-state index contributed by atoms with van der Waals surface area (Å²) in [4.78, 5) is 21.2. The van der Waals surface area contributed by atoms with Crippen molar-refractivity contribution in [2.45, 2.75) is 6.54 Å². The van der Waals surface area contributed by atoms with Crippen LogP contribution in [0.15, 0.2) is 42.0 Å². The summed E-state index contributed by atoms with van der Waals surface area (Å²) in [6.07, 6.45) is 3.45. The quantitative estimate of drug-likeness (QED) is 0.796. The summed E-state index contributed by atoms with van der Waals surface area (Å²) >= 11 is 1.60. The third-order valence-corrected chi connectivity index (χ3v) is 3.96. The summed E-state index contributed by atoms with van der Waals surface area (Å²) in [6, 6.07) is 7.96. The zero-order valence-electron chi connectivity index (χ0n) is 10.5. The van der Waals surface area contributed by atoms with Crippen LogP contribution in [0, 0.1) is 0 Å². The lowest BCUT2D eigenvalue weighted by Crippen LogP contribution is -2.26. The largest absolute Gasteiger partial charge is 0.347 e. The van der Waals surface area contributed by atoms with Crippen molar-refractivity contribution in [3.05, 3.63) is 53.4 Å². The molecule has 0 unspecified atom stereocenters. The van der Waals surface area contributed by atoms with Gasteiger partial charge >= 0.3 is 0 Å². The number of imidazole rings is 1. The fourth-order valence-electron chi connectivity index (χ4n) is 2.03. The van der Waals surface area contributed by atoms with Crippen molar-refractivity contribution in [2.24, 2.45) is 0 Å². The highest BCUT2D eigenvalue weighted by Crippen LogP contribution is 2.26. The molecular weight excluding hydrogens is 258 g/mol.